The minimum atomic E-state index is -1.01. The molecule has 1 aliphatic rings. The molecule has 1 fully saturated rings. The van der Waals surface area contributed by atoms with E-state index in [4.69, 9.17) is 9.84 Å². The van der Waals surface area contributed by atoms with Gasteiger partial charge in [0.05, 0.1) is 7.11 Å². The number of carbonyl (C=O) groups excluding carboxylic acids is 2. The second-order valence-electron chi connectivity index (χ2n) is 7.40. The highest BCUT2D eigenvalue weighted by Crippen LogP contribution is 2.21. The van der Waals surface area contributed by atoms with Crippen LogP contribution in [0.2, 0.25) is 0 Å². The zero-order valence-corrected chi connectivity index (χ0v) is 16.9. The molecule has 1 aromatic rings. The minimum Gasteiger partial charge on any atom is -0.497 e. The number of ether oxygens (including phenoxy) is 1. The summed E-state index contributed by atoms with van der Waals surface area (Å²) in [6.45, 7) is 4.22. The lowest BCUT2D eigenvalue weighted by Gasteiger charge is -2.29. The van der Waals surface area contributed by atoms with Crippen molar-refractivity contribution in [1.29, 1.82) is 0 Å². The summed E-state index contributed by atoms with van der Waals surface area (Å²) in [5.74, 6) is -0.504. The molecule has 0 bridgehead atoms. The molecule has 1 N–H and O–H groups in total. The third kappa shape index (κ3) is 5.97. The van der Waals surface area contributed by atoms with E-state index in [0.29, 0.717) is 32.4 Å². The van der Waals surface area contributed by atoms with Gasteiger partial charge in [-0.3, -0.25) is 14.4 Å². The molecule has 1 aliphatic heterocycles. The normalized spacial score (nSPS) is 18.1. The molecule has 0 radical (unpaired) electrons. The van der Waals surface area contributed by atoms with E-state index in [0.717, 1.165) is 17.7 Å². The molecular formula is C21H30N2O5. The number of carboxylic acids is 1. The standard InChI is InChI=1S/C21H30N2O5/c1-15(13-17-6-8-19(28-3)9-7-17)21(27)22-11-4-5-18(10-12-22)23(16(2)24)14-20(25)26/h6-9,15,18H,4-5,10-14H2,1-3H3,(H,25,26). The maximum atomic E-state index is 12.9. The summed E-state index contributed by atoms with van der Waals surface area (Å²) in [7, 11) is 1.62. The maximum Gasteiger partial charge on any atom is 0.323 e. The van der Waals surface area contributed by atoms with Gasteiger partial charge in [0.2, 0.25) is 11.8 Å². The Balaban J connectivity index is 1.94. The van der Waals surface area contributed by atoms with Crippen molar-refractivity contribution in [3.05, 3.63) is 29.8 Å². The van der Waals surface area contributed by atoms with Gasteiger partial charge in [0.15, 0.2) is 0 Å². The number of rotatable bonds is 7. The van der Waals surface area contributed by atoms with E-state index >= 15 is 0 Å². The molecule has 7 nitrogen and oxygen atoms in total. The predicted octanol–water partition coefficient (Wildman–Crippen LogP) is 2.19. The second-order valence-corrected chi connectivity index (χ2v) is 7.40. The van der Waals surface area contributed by atoms with Crippen molar-refractivity contribution in [1.82, 2.24) is 9.80 Å². The lowest BCUT2D eigenvalue weighted by Crippen LogP contribution is -2.43. The average molecular weight is 390 g/mol. The molecule has 2 rings (SSSR count). The molecule has 2 unspecified atom stereocenters. The summed E-state index contributed by atoms with van der Waals surface area (Å²) < 4.78 is 5.16. The maximum absolute atomic E-state index is 12.9. The topological polar surface area (TPSA) is 87.2 Å². The molecule has 1 aromatic carbocycles. The summed E-state index contributed by atoms with van der Waals surface area (Å²) >= 11 is 0. The van der Waals surface area contributed by atoms with Crippen LogP contribution in [0, 0.1) is 5.92 Å². The van der Waals surface area contributed by atoms with Gasteiger partial charge in [0.1, 0.15) is 12.3 Å². The van der Waals surface area contributed by atoms with Crippen molar-refractivity contribution in [2.45, 2.75) is 45.6 Å². The highest BCUT2D eigenvalue weighted by atomic mass is 16.5. The number of methoxy groups -OCH3 is 1. The van der Waals surface area contributed by atoms with Crippen molar-refractivity contribution in [2.24, 2.45) is 5.92 Å². The first-order valence-electron chi connectivity index (χ1n) is 9.72. The third-order valence-electron chi connectivity index (χ3n) is 5.28. The second kappa shape index (κ2) is 10.1. The molecule has 154 valence electrons. The SMILES string of the molecule is COc1ccc(CC(C)C(=O)N2CCCC(N(CC(=O)O)C(C)=O)CC2)cc1. The van der Waals surface area contributed by atoms with Crippen LogP contribution in [0.5, 0.6) is 5.75 Å². The number of carbonyl (C=O) groups is 3. The van der Waals surface area contributed by atoms with E-state index in [2.05, 4.69) is 0 Å². The van der Waals surface area contributed by atoms with E-state index in [9.17, 15) is 14.4 Å². The zero-order chi connectivity index (χ0) is 20.7. The molecule has 28 heavy (non-hydrogen) atoms. The fourth-order valence-electron chi connectivity index (χ4n) is 3.77. The Labute approximate surface area is 166 Å². The molecule has 1 heterocycles. The number of nitrogens with zero attached hydrogens (tertiary/aromatic N) is 2. The number of hydrogen-bond donors (Lipinski definition) is 1. The molecule has 0 aliphatic carbocycles. The Morgan fingerprint density at radius 2 is 1.89 bits per heavy atom. The Kier molecular flexibility index (Phi) is 7.84. The fourth-order valence-corrected chi connectivity index (χ4v) is 3.77. The molecule has 2 amide bonds. The van der Waals surface area contributed by atoms with Crippen LogP contribution in [0.1, 0.15) is 38.7 Å². The molecule has 7 heteroatoms. The van der Waals surface area contributed by atoms with Crippen LogP contribution >= 0.6 is 0 Å². The first-order valence-corrected chi connectivity index (χ1v) is 9.72. The molecular weight excluding hydrogens is 360 g/mol. The van der Waals surface area contributed by atoms with Crippen molar-refractivity contribution in [2.75, 3.05) is 26.7 Å². The van der Waals surface area contributed by atoms with Gasteiger partial charge in [-0.2, -0.15) is 0 Å². The molecule has 2 atom stereocenters. The van der Waals surface area contributed by atoms with Crippen molar-refractivity contribution >= 4 is 17.8 Å². The van der Waals surface area contributed by atoms with Crippen LogP contribution in [0.4, 0.5) is 0 Å². The summed E-state index contributed by atoms with van der Waals surface area (Å²) in [4.78, 5) is 39.1. The van der Waals surface area contributed by atoms with Gasteiger partial charge in [0.25, 0.3) is 0 Å². The highest BCUT2D eigenvalue weighted by molar-refractivity contribution is 5.80. The smallest absolute Gasteiger partial charge is 0.323 e. The summed E-state index contributed by atoms with van der Waals surface area (Å²) in [6, 6.07) is 7.59. The van der Waals surface area contributed by atoms with Gasteiger partial charge in [-0.25, -0.2) is 0 Å². The predicted molar refractivity (Wildman–Crippen MR) is 105 cm³/mol. The van der Waals surface area contributed by atoms with Crippen LogP contribution in [-0.4, -0.2) is 65.5 Å². The Bertz CT molecular complexity index is 689. The van der Waals surface area contributed by atoms with Gasteiger partial charge < -0.3 is 19.6 Å². The number of carboxylic acid groups (broad SMARTS) is 1. The quantitative estimate of drug-likeness (QED) is 0.771. The van der Waals surface area contributed by atoms with E-state index in [1.807, 2.05) is 36.1 Å². The lowest BCUT2D eigenvalue weighted by atomic mass is 9.99. The van der Waals surface area contributed by atoms with Crippen LogP contribution in [0.15, 0.2) is 24.3 Å². The minimum absolute atomic E-state index is 0.101. The summed E-state index contributed by atoms with van der Waals surface area (Å²) in [5, 5.41) is 9.05. The molecule has 0 saturated carbocycles. The third-order valence-corrected chi connectivity index (χ3v) is 5.28. The zero-order valence-electron chi connectivity index (χ0n) is 16.9. The van der Waals surface area contributed by atoms with Crippen LogP contribution in [-0.2, 0) is 20.8 Å². The summed E-state index contributed by atoms with van der Waals surface area (Å²) in [6.07, 6.45) is 2.73. The summed E-state index contributed by atoms with van der Waals surface area (Å²) in [5.41, 5.74) is 1.08. The molecule has 0 spiro atoms. The number of likely N-dealkylation sites (tertiary alicyclic amines) is 1. The monoisotopic (exact) mass is 390 g/mol. The van der Waals surface area contributed by atoms with E-state index < -0.39 is 5.97 Å². The largest absolute Gasteiger partial charge is 0.497 e. The van der Waals surface area contributed by atoms with Gasteiger partial charge in [0, 0.05) is 32.0 Å². The Morgan fingerprint density at radius 1 is 1.21 bits per heavy atom. The number of aliphatic carboxylic acids is 1. The van der Waals surface area contributed by atoms with Gasteiger partial charge in [-0.15, -0.1) is 0 Å². The number of hydrogen-bond acceptors (Lipinski definition) is 4. The first kappa shape index (κ1) is 21.7. The molecule has 0 aromatic heterocycles. The lowest BCUT2D eigenvalue weighted by molar-refractivity contribution is -0.145. The van der Waals surface area contributed by atoms with Crippen molar-refractivity contribution < 1.29 is 24.2 Å². The van der Waals surface area contributed by atoms with E-state index in [1.165, 1.54) is 11.8 Å². The fraction of sp³-hybridized carbons (Fsp3) is 0.571. The average Bonchev–Trinajstić information content (AvgIpc) is 2.91. The van der Waals surface area contributed by atoms with Gasteiger partial charge in [-0.05, 0) is 43.4 Å². The van der Waals surface area contributed by atoms with Crippen LogP contribution < -0.4 is 4.74 Å². The van der Waals surface area contributed by atoms with Gasteiger partial charge in [-0.1, -0.05) is 19.1 Å². The van der Waals surface area contributed by atoms with Gasteiger partial charge >= 0.3 is 5.97 Å². The van der Waals surface area contributed by atoms with E-state index in [1.54, 1.807) is 7.11 Å². The first-order chi connectivity index (χ1) is 13.3. The van der Waals surface area contributed by atoms with Crippen molar-refractivity contribution in [3.63, 3.8) is 0 Å². The van der Waals surface area contributed by atoms with Crippen LogP contribution in [0.3, 0.4) is 0 Å². The van der Waals surface area contributed by atoms with Crippen molar-refractivity contribution in [3.8, 4) is 5.75 Å². The van der Waals surface area contributed by atoms with E-state index in [-0.39, 0.29) is 30.3 Å². The Hall–Kier alpha value is -2.57. The Morgan fingerprint density at radius 3 is 2.46 bits per heavy atom. The number of amides is 2. The van der Waals surface area contributed by atoms with Crippen LogP contribution in [0.25, 0.3) is 0 Å². The number of benzene rings is 1. The molecule has 1 saturated heterocycles. The highest BCUT2D eigenvalue weighted by Gasteiger charge is 2.29.